The molecule has 100 valence electrons. The number of likely N-dealkylation sites (tertiary alicyclic amines) is 1. The lowest BCUT2D eigenvalue weighted by Gasteiger charge is -2.38. The lowest BCUT2D eigenvalue weighted by Crippen LogP contribution is -2.56. The van der Waals surface area contributed by atoms with Gasteiger partial charge in [0.25, 0.3) is 5.91 Å². The van der Waals surface area contributed by atoms with Crippen LogP contribution >= 0.6 is 0 Å². The fourth-order valence-electron chi connectivity index (χ4n) is 2.11. The van der Waals surface area contributed by atoms with Gasteiger partial charge in [-0.25, -0.2) is 0 Å². The van der Waals surface area contributed by atoms with Crippen molar-refractivity contribution in [2.75, 3.05) is 13.1 Å². The molecule has 1 saturated heterocycles. The molecule has 1 amide bonds. The fraction of sp³-hybridized carbons (Fsp3) is 0.200. The van der Waals surface area contributed by atoms with E-state index in [9.17, 15) is 4.79 Å². The number of H-pyrrole nitrogens is 1. The Bertz CT molecular complexity index is 635. The maximum atomic E-state index is 12.0. The molecule has 0 saturated carbocycles. The number of carbonyl (C=O) groups excluding carboxylic acids is 1. The zero-order chi connectivity index (χ0) is 13.9. The summed E-state index contributed by atoms with van der Waals surface area (Å²) in [7, 11) is 0. The molecule has 20 heavy (non-hydrogen) atoms. The van der Waals surface area contributed by atoms with Crippen LogP contribution in [0.1, 0.15) is 16.1 Å². The Morgan fingerprint density at radius 1 is 1.30 bits per heavy atom. The zero-order valence-electron chi connectivity index (χ0n) is 10.7. The highest BCUT2D eigenvalue weighted by atomic mass is 16.5. The number of nitrogens with zero attached hydrogens (tertiary/aromatic N) is 2. The van der Waals surface area contributed by atoms with Crippen LogP contribution in [-0.2, 0) is 0 Å². The summed E-state index contributed by atoms with van der Waals surface area (Å²) in [5, 5.41) is 8.72. The molecule has 0 bridgehead atoms. The molecule has 0 spiro atoms. The lowest BCUT2D eigenvalue weighted by atomic mass is 10.1. The third kappa shape index (κ3) is 2.36. The van der Waals surface area contributed by atoms with Gasteiger partial charge in [0, 0.05) is 6.20 Å². The van der Waals surface area contributed by atoms with Gasteiger partial charge in [-0.3, -0.25) is 4.79 Å². The molecule has 1 fully saturated rings. The first-order valence-electron chi connectivity index (χ1n) is 6.36. The highest BCUT2D eigenvalue weighted by Gasteiger charge is 2.33. The molecular formula is C15H13N3O2. The standard InChI is InChI=1S/C15H13N3O2/c16-8-11-3-5-12(6-4-11)20-13-9-18(10-13)15(19)14-2-1-7-17-14/h1-7,13,17H,9-10H2. The van der Waals surface area contributed by atoms with E-state index in [1.807, 2.05) is 0 Å². The van der Waals surface area contributed by atoms with Gasteiger partial charge in [-0.05, 0) is 36.4 Å². The highest BCUT2D eigenvalue weighted by molar-refractivity contribution is 5.93. The van der Waals surface area contributed by atoms with E-state index in [-0.39, 0.29) is 12.0 Å². The SMILES string of the molecule is N#Cc1ccc(OC2CN(C(=O)c3ccc[nH]3)C2)cc1. The number of nitrogens with one attached hydrogen (secondary N) is 1. The van der Waals surface area contributed by atoms with E-state index >= 15 is 0 Å². The van der Waals surface area contributed by atoms with Crippen molar-refractivity contribution < 1.29 is 9.53 Å². The van der Waals surface area contributed by atoms with Gasteiger partial charge < -0.3 is 14.6 Å². The van der Waals surface area contributed by atoms with Crippen LogP contribution in [0.25, 0.3) is 0 Å². The van der Waals surface area contributed by atoms with Crippen LogP contribution in [-0.4, -0.2) is 35.0 Å². The summed E-state index contributed by atoms with van der Waals surface area (Å²) in [5.41, 5.74) is 1.20. The number of amides is 1. The van der Waals surface area contributed by atoms with Crippen LogP contribution in [0.2, 0.25) is 0 Å². The Morgan fingerprint density at radius 3 is 2.65 bits per heavy atom. The third-order valence-electron chi connectivity index (χ3n) is 3.25. The summed E-state index contributed by atoms with van der Waals surface area (Å²) in [5.74, 6) is 0.718. The molecule has 5 nitrogen and oxygen atoms in total. The maximum absolute atomic E-state index is 12.0. The number of aromatic nitrogens is 1. The molecule has 1 aromatic carbocycles. The van der Waals surface area contributed by atoms with E-state index in [1.54, 1.807) is 47.5 Å². The van der Waals surface area contributed by atoms with E-state index < -0.39 is 0 Å². The van der Waals surface area contributed by atoms with Gasteiger partial charge in [-0.1, -0.05) is 0 Å². The van der Waals surface area contributed by atoms with Gasteiger partial charge in [-0.15, -0.1) is 0 Å². The lowest BCUT2D eigenvalue weighted by molar-refractivity contribution is 0.0174. The fourth-order valence-corrected chi connectivity index (χ4v) is 2.11. The van der Waals surface area contributed by atoms with Crippen molar-refractivity contribution in [3.8, 4) is 11.8 Å². The Morgan fingerprint density at radius 2 is 2.05 bits per heavy atom. The first kappa shape index (κ1) is 12.3. The number of carbonyl (C=O) groups is 1. The van der Waals surface area contributed by atoms with E-state index in [4.69, 9.17) is 10.00 Å². The zero-order valence-corrected chi connectivity index (χ0v) is 10.7. The highest BCUT2D eigenvalue weighted by Crippen LogP contribution is 2.20. The van der Waals surface area contributed by atoms with E-state index in [1.165, 1.54) is 0 Å². The number of benzene rings is 1. The Hall–Kier alpha value is -2.74. The Kier molecular flexibility index (Phi) is 3.13. The van der Waals surface area contributed by atoms with Crippen molar-refractivity contribution in [3.63, 3.8) is 0 Å². The van der Waals surface area contributed by atoms with Crippen molar-refractivity contribution in [2.45, 2.75) is 6.10 Å². The number of rotatable bonds is 3. The third-order valence-corrected chi connectivity index (χ3v) is 3.25. The van der Waals surface area contributed by atoms with Gasteiger partial charge in [0.15, 0.2) is 0 Å². The minimum atomic E-state index is -0.00493. The number of ether oxygens (including phenoxy) is 1. The molecule has 1 aromatic heterocycles. The average Bonchev–Trinajstić information content (AvgIpc) is 2.96. The summed E-state index contributed by atoms with van der Waals surface area (Å²) in [6, 6.07) is 12.6. The Balaban J connectivity index is 1.53. The van der Waals surface area contributed by atoms with E-state index in [2.05, 4.69) is 11.1 Å². The molecule has 0 unspecified atom stereocenters. The normalized spacial score (nSPS) is 14.4. The average molecular weight is 267 g/mol. The molecular weight excluding hydrogens is 254 g/mol. The molecule has 1 aliphatic heterocycles. The van der Waals surface area contributed by atoms with Crippen molar-refractivity contribution in [3.05, 3.63) is 53.9 Å². The minimum Gasteiger partial charge on any atom is -0.487 e. The molecule has 5 heteroatoms. The van der Waals surface area contributed by atoms with Crippen molar-refractivity contribution in [2.24, 2.45) is 0 Å². The number of hydrogen-bond acceptors (Lipinski definition) is 3. The summed E-state index contributed by atoms with van der Waals surface area (Å²) in [4.78, 5) is 16.6. The predicted octanol–water partition coefficient (Wildman–Crippen LogP) is 1.79. The van der Waals surface area contributed by atoms with Gasteiger partial charge in [0.2, 0.25) is 0 Å². The number of nitriles is 1. The summed E-state index contributed by atoms with van der Waals surface area (Å²) >= 11 is 0. The summed E-state index contributed by atoms with van der Waals surface area (Å²) in [6.45, 7) is 1.16. The van der Waals surface area contributed by atoms with Crippen LogP contribution < -0.4 is 4.74 Å². The molecule has 1 N–H and O–H groups in total. The second kappa shape index (κ2) is 5.10. The molecule has 0 aliphatic carbocycles. The topological polar surface area (TPSA) is 69.1 Å². The maximum Gasteiger partial charge on any atom is 0.270 e. The van der Waals surface area contributed by atoms with Gasteiger partial charge in [0.05, 0.1) is 24.7 Å². The van der Waals surface area contributed by atoms with Gasteiger partial charge in [-0.2, -0.15) is 5.26 Å². The first-order chi connectivity index (χ1) is 9.76. The predicted molar refractivity (Wildman–Crippen MR) is 72.3 cm³/mol. The second-order valence-corrected chi connectivity index (χ2v) is 4.67. The van der Waals surface area contributed by atoms with Gasteiger partial charge >= 0.3 is 0 Å². The quantitative estimate of drug-likeness (QED) is 0.921. The Labute approximate surface area is 116 Å². The van der Waals surface area contributed by atoms with Crippen LogP contribution in [0.15, 0.2) is 42.6 Å². The number of aromatic amines is 1. The van der Waals surface area contributed by atoms with Crippen molar-refractivity contribution in [1.29, 1.82) is 5.26 Å². The van der Waals surface area contributed by atoms with Gasteiger partial charge in [0.1, 0.15) is 17.5 Å². The molecule has 0 atom stereocenters. The van der Waals surface area contributed by atoms with Crippen LogP contribution in [0.4, 0.5) is 0 Å². The first-order valence-corrected chi connectivity index (χ1v) is 6.36. The van der Waals surface area contributed by atoms with Crippen molar-refractivity contribution >= 4 is 5.91 Å². The molecule has 3 rings (SSSR count). The van der Waals surface area contributed by atoms with Crippen LogP contribution in [0, 0.1) is 11.3 Å². The molecule has 2 aromatic rings. The smallest absolute Gasteiger partial charge is 0.270 e. The van der Waals surface area contributed by atoms with E-state index in [0.29, 0.717) is 24.3 Å². The monoisotopic (exact) mass is 267 g/mol. The van der Waals surface area contributed by atoms with Crippen LogP contribution in [0.3, 0.4) is 0 Å². The largest absolute Gasteiger partial charge is 0.487 e. The van der Waals surface area contributed by atoms with E-state index in [0.717, 1.165) is 5.75 Å². The molecule has 2 heterocycles. The summed E-state index contributed by atoms with van der Waals surface area (Å²) in [6.07, 6.45) is 1.75. The second-order valence-electron chi connectivity index (χ2n) is 4.67. The number of hydrogen-bond donors (Lipinski definition) is 1. The molecule has 1 aliphatic rings. The van der Waals surface area contributed by atoms with Crippen LogP contribution in [0.5, 0.6) is 5.75 Å². The minimum absolute atomic E-state index is 0.00493. The van der Waals surface area contributed by atoms with Crippen molar-refractivity contribution in [1.82, 2.24) is 9.88 Å². The molecule has 0 radical (unpaired) electrons. The summed E-state index contributed by atoms with van der Waals surface area (Å²) < 4.78 is 5.73.